The van der Waals surface area contributed by atoms with Gasteiger partial charge < -0.3 is 5.32 Å². The van der Waals surface area contributed by atoms with Crippen LogP contribution in [-0.2, 0) is 26.6 Å². The first-order chi connectivity index (χ1) is 12.1. The number of aromatic nitrogens is 7. The maximum Gasteiger partial charge on any atom is 0.345 e. The van der Waals surface area contributed by atoms with Crippen LogP contribution in [0.3, 0.4) is 0 Å². The number of rotatable bonds is 5. The van der Waals surface area contributed by atoms with Crippen LogP contribution < -0.4 is 16.6 Å². The van der Waals surface area contributed by atoms with Gasteiger partial charge in [0.15, 0.2) is 5.65 Å². The van der Waals surface area contributed by atoms with Crippen LogP contribution in [0.2, 0.25) is 0 Å². The summed E-state index contributed by atoms with van der Waals surface area (Å²) >= 11 is 0. The second-order valence-corrected chi connectivity index (χ2v) is 6.23. The quantitative estimate of drug-likeness (QED) is 0.622. The molecule has 0 atom stereocenters. The van der Waals surface area contributed by atoms with Crippen LogP contribution >= 0.6 is 0 Å². The summed E-state index contributed by atoms with van der Waals surface area (Å²) < 4.78 is 4.86. The molecule has 3 aromatic heterocycles. The molecular formula is C15H20N8O2. The smallest absolute Gasteiger partial charge is 0.345 e. The maximum absolute atomic E-state index is 12.3. The van der Waals surface area contributed by atoms with Crippen molar-refractivity contribution in [1.29, 1.82) is 0 Å². The lowest BCUT2D eigenvalue weighted by atomic mass is 10.2. The Labute approximate surface area is 142 Å². The van der Waals surface area contributed by atoms with E-state index in [0.29, 0.717) is 36.5 Å². The van der Waals surface area contributed by atoms with Gasteiger partial charge >= 0.3 is 5.69 Å². The van der Waals surface area contributed by atoms with Crippen LogP contribution in [0.4, 0.5) is 5.95 Å². The first kappa shape index (κ1) is 15.6. The minimum absolute atomic E-state index is 0.0301. The van der Waals surface area contributed by atoms with E-state index in [-0.39, 0.29) is 11.2 Å². The summed E-state index contributed by atoms with van der Waals surface area (Å²) in [4.78, 5) is 31.3. The van der Waals surface area contributed by atoms with Gasteiger partial charge in [-0.3, -0.25) is 19.0 Å². The lowest BCUT2D eigenvalue weighted by Gasteiger charge is -2.09. The van der Waals surface area contributed by atoms with Gasteiger partial charge in [-0.25, -0.2) is 9.48 Å². The number of nitrogens with one attached hydrogen (secondary N) is 2. The average Bonchev–Trinajstić information content (AvgIpc) is 3.14. The van der Waals surface area contributed by atoms with Crippen molar-refractivity contribution in [3.8, 4) is 0 Å². The Balaban J connectivity index is 1.40. The molecule has 132 valence electrons. The highest BCUT2D eigenvalue weighted by molar-refractivity contribution is 5.74. The van der Waals surface area contributed by atoms with Crippen LogP contribution in [0.25, 0.3) is 11.0 Å². The van der Waals surface area contributed by atoms with Gasteiger partial charge in [0.25, 0.3) is 5.56 Å². The van der Waals surface area contributed by atoms with Gasteiger partial charge in [0.05, 0.1) is 6.20 Å². The van der Waals surface area contributed by atoms with E-state index < -0.39 is 0 Å². The fraction of sp³-hybridized carbons (Fsp3) is 0.533. The average molecular weight is 344 g/mol. The van der Waals surface area contributed by atoms with Crippen LogP contribution in [0.15, 0.2) is 15.8 Å². The van der Waals surface area contributed by atoms with Gasteiger partial charge in [0, 0.05) is 33.1 Å². The van der Waals surface area contributed by atoms with E-state index in [9.17, 15) is 9.59 Å². The molecule has 0 spiro atoms. The van der Waals surface area contributed by atoms with Crippen molar-refractivity contribution in [3.63, 3.8) is 0 Å². The van der Waals surface area contributed by atoms with E-state index >= 15 is 0 Å². The molecule has 0 saturated carbocycles. The third-order valence-electron chi connectivity index (χ3n) is 4.47. The zero-order valence-electron chi connectivity index (χ0n) is 14.0. The Morgan fingerprint density at radius 2 is 2.20 bits per heavy atom. The molecule has 0 amide bonds. The normalized spacial score (nSPS) is 14.0. The van der Waals surface area contributed by atoms with Crippen molar-refractivity contribution in [2.24, 2.45) is 7.05 Å². The topological polar surface area (TPSA) is 115 Å². The molecule has 4 rings (SSSR count). The first-order valence-electron chi connectivity index (χ1n) is 8.46. The predicted octanol–water partition coefficient (Wildman–Crippen LogP) is -0.147. The molecule has 0 saturated heterocycles. The number of H-pyrrole nitrogens is 1. The number of aromatic amines is 1. The van der Waals surface area contributed by atoms with Crippen LogP contribution in [0.5, 0.6) is 0 Å². The number of aryl methyl sites for hydroxylation is 3. The molecule has 0 radical (unpaired) electrons. The van der Waals surface area contributed by atoms with Crippen LogP contribution in [-0.4, -0.2) is 40.6 Å². The zero-order valence-corrected chi connectivity index (χ0v) is 14.0. The van der Waals surface area contributed by atoms with Gasteiger partial charge in [-0.2, -0.15) is 15.2 Å². The molecule has 10 nitrogen and oxygen atoms in total. The molecular weight excluding hydrogens is 324 g/mol. The third kappa shape index (κ3) is 2.83. The van der Waals surface area contributed by atoms with E-state index in [0.717, 1.165) is 31.6 Å². The Hall–Kier alpha value is -2.91. The first-order valence-corrected chi connectivity index (χ1v) is 8.46. The highest BCUT2D eigenvalue weighted by atomic mass is 16.2. The van der Waals surface area contributed by atoms with Crippen molar-refractivity contribution in [1.82, 2.24) is 34.1 Å². The largest absolute Gasteiger partial charge is 0.356 e. The maximum atomic E-state index is 12.3. The van der Waals surface area contributed by atoms with Crippen LogP contribution in [0.1, 0.15) is 25.1 Å². The molecule has 1 aliphatic rings. The monoisotopic (exact) mass is 344 g/mol. The molecule has 0 aliphatic carbocycles. The molecule has 4 heterocycles. The van der Waals surface area contributed by atoms with Crippen LogP contribution in [0, 0.1) is 0 Å². The fourth-order valence-corrected chi connectivity index (χ4v) is 3.15. The lowest BCUT2D eigenvalue weighted by molar-refractivity contribution is 0.510. The number of hydrogen-bond donors (Lipinski definition) is 2. The lowest BCUT2D eigenvalue weighted by Crippen LogP contribution is -2.27. The van der Waals surface area contributed by atoms with E-state index in [1.165, 1.54) is 10.9 Å². The van der Waals surface area contributed by atoms with E-state index in [1.54, 1.807) is 16.3 Å². The number of hydrogen-bond acceptors (Lipinski definition) is 6. The summed E-state index contributed by atoms with van der Waals surface area (Å²) in [5.74, 6) is 1.29. The number of anilines is 1. The summed E-state index contributed by atoms with van der Waals surface area (Å²) in [6, 6.07) is 0. The standard InChI is InChI=1S/C15H20N8O2/c1-21-12-10(9-17-21)13(24)19-14(18-12)16-6-4-8-23-15(25)22-7-3-2-5-11(22)20-23/h9H,2-8H2,1H3,(H2,16,18,19,24). The predicted molar refractivity (Wildman–Crippen MR) is 91.7 cm³/mol. The molecule has 3 aromatic rings. The molecule has 10 heteroatoms. The Morgan fingerprint density at radius 1 is 1.32 bits per heavy atom. The molecule has 0 bridgehead atoms. The highest BCUT2D eigenvalue weighted by Crippen LogP contribution is 2.09. The Morgan fingerprint density at radius 3 is 3.04 bits per heavy atom. The molecule has 1 aliphatic heterocycles. The van der Waals surface area contributed by atoms with Gasteiger partial charge in [-0.1, -0.05) is 0 Å². The summed E-state index contributed by atoms with van der Waals surface area (Å²) in [5.41, 5.74) is 0.278. The van der Waals surface area contributed by atoms with Gasteiger partial charge in [0.1, 0.15) is 11.2 Å². The molecule has 0 fully saturated rings. The number of fused-ring (bicyclic) bond motifs is 2. The van der Waals surface area contributed by atoms with E-state index in [1.807, 2.05) is 0 Å². The van der Waals surface area contributed by atoms with Crippen molar-refractivity contribution in [2.75, 3.05) is 11.9 Å². The summed E-state index contributed by atoms with van der Waals surface area (Å²) in [5, 5.41) is 12.0. The van der Waals surface area contributed by atoms with E-state index in [2.05, 4.69) is 25.5 Å². The van der Waals surface area contributed by atoms with Gasteiger partial charge in [-0.05, 0) is 19.3 Å². The summed E-state index contributed by atoms with van der Waals surface area (Å²) in [6.07, 6.45) is 5.20. The molecule has 25 heavy (non-hydrogen) atoms. The minimum Gasteiger partial charge on any atom is -0.356 e. The Bertz CT molecular complexity index is 1020. The SMILES string of the molecule is Cn1ncc2c(=O)[nH]c(NCCCn3nc4n(c3=O)CCCC4)nc21. The Kier molecular flexibility index (Phi) is 3.86. The zero-order chi connectivity index (χ0) is 17.4. The highest BCUT2D eigenvalue weighted by Gasteiger charge is 2.16. The van der Waals surface area contributed by atoms with Crippen molar-refractivity contribution < 1.29 is 0 Å². The van der Waals surface area contributed by atoms with Crippen molar-refractivity contribution >= 4 is 17.0 Å². The fourth-order valence-electron chi connectivity index (χ4n) is 3.15. The second-order valence-electron chi connectivity index (χ2n) is 6.23. The van der Waals surface area contributed by atoms with E-state index in [4.69, 9.17) is 0 Å². The minimum atomic E-state index is -0.224. The summed E-state index contributed by atoms with van der Waals surface area (Å²) in [7, 11) is 1.74. The number of nitrogens with zero attached hydrogens (tertiary/aromatic N) is 6. The molecule has 2 N–H and O–H groups in total. The van der Waals surface area contributed by atoms with Gasteiger partial charge in [-0.15, -0.1) is 0 Å². The summed E-state index contributed by atoms with van der Waals surface area (Å²) in [6.45, 7) is 1.87. The van der Waals surface area contributed by atoms with Gasteiger partial charge in [0.2, 0.25) is 5.95 Å². The van der Waals surface area contributed by atoms with Crippen molar-refractivity contribution in [2.45, 2.75) is 38.8 Å². The molecule has 0 unspecified atom stereocenters. The molecule has 0 aromatic carbocycles. The van der Waals surface area contributed by atoms with Crippen molar-refractivity contribution in [3.05, 3.63) is 32.9 Å². The second kappa shape index (κ2) is 6.19. The third-order valence-corrected chi connectivity index (χ3v) is 4.47.